The highest BCUT2D eigenvalue weighted by Crippen LogP contribution is 2.43. The summed E-state index contributed by atoms with van der Waals surface area (Å²) in [6.07, 6.45) is 2.95. The lowest BCUT2D eigenvalue weighted by Gasteiger charge is -2.12. The molecule has 0 amide bonds. The van der Waals surface area contributed by atoms with E-state index in [0.717, 1.165) is 0 Å². The van der Waals surface area contributed by atoms with Gasteiger partial charge < -0.3 is 0 Å². The largest absolute Gasteiger partial charge is 0.247 e. The fourth-order valence-electron chi connectivity index (χ4n) is 1.60. The fourth-order valence-corrected chi connectivity index (χ4v) is 2.89. The maximum Gasteiger partial charge on any atom is 0.103 e. The molecule has 0 heterocycles. The quantitative estimate of drug-likeness (QED) is 0.251. The molecule has 1 rings (SSSR count). The lowest BCUT2D eigenvalue weighted by Crippen LogP contribution is -2.11. The average Bonchev–Trinajstić information content (AvgIpc) is 2.49. The Morgan fingerprint density at radius 1 is 1.13 bits per heavy atom. The highest BCUT2D eigenvalue weighted by molar-refractivity contribution is 6.50. The van der Waals surface area contributed by atoms with Crippen molar-refractivity contribution in [3.8, 4) is 12.1 Å². The number of nitriles is 2. The molecule has 0 spiro atoms. The molecule has 0 saturated heterocycles. The first kappa shape index (κ1) is 19.8. The second kappa shape index (κ2) is 8.60. The molecule has 0 fully saturated rings. The van der Waals surface area contributed by atoms with E-state index in [9.17, 15) is 5.26 Å². The highest BCUT2D eigenvalue weighted by atomic mass is 35.5. The van der Waals surface area contributed by atoms with Crippen molar-refractivity contribution in [3.05, 3.63) is 50.0 Å². The molecule has 0 aliphatic carbocycles. The van der Waals surface area contributed by atoms with E-state index < -0.39 is 5.38 Å². The SMILES string of the molecule is C=C/C=C(/Cl)C(=Nc1c(Cl)c(Cl)c(C#N)c(Cl)c1C#N)C(C)Cl. The van der Waals surface area contributed by atoms with Crippen LogP contribution in [-0.2, 0) is 0 Å². The van der Waals surface area contributed by atoms with Gasteiger partial charge in [-0.15, -0.1) is 11.6 Å². The first-order valence-corrected chi connectivity index (χ1v) is 7.96. The van der Waals surface area contributed by atoms with Crippen LogP contribution in [0.5, 0.6) is 0 Å². The maximum absolute atomic E-state index is 9.32. The molecule has 1 unspecified atom stereocenters. The lowest BCUT2D eigenvalue weighted by atomic mass is 10.1. The van der Waals surface area contributed by atoms with Crippen LogP contribution in [0.2, 0.25) is 15.1 Å². The van der Waals surface area contributed by atoms with E-state index in [4.69, 9.17) is 63.3 Å². The van der Waals surface area contributed by atoms with Gasteiger partial charge in [-0.2, -0.15) is 10.5 Å². The molecule has 0 aliphatic rings. The molecule has 23 heavy (non-hydrogen) atoms. The van der Waals surface area contributed by atoms with Gasteiger partial charge in [0.15, 0.2) is 0 Å². The molecule has 1 aromatic rings. The number of aliphatic imine (C=N–C) groups is 1. The Balaban J connectivity index is 3.83. The van der Waals surface area contributed by atoms with Gasteiger partial charge in [-0.05, 0) is 13.0 Å². The van der Waals surface area contributed by atoms with Crippen LogP contribution in [0.15, 0.2) is 28.8 Å². The van der Waals surface area contributed by atoms with Crippen LogP contribution in [0, 0.1) is 22.7 Å². The minimum Gasteiger partial charge on any atom is -0.247 e. The molecule has 0 aromatic heterocycles. The van der Waals surface area contributed by atoms with Crippen LogP contribution >= 0.6 is 58.0 Å². The third kappa shape index (κ3) is 4.21. The summed E-state index contributed by atoms with van der Waals surface area (Å²) in [6.45, 7) is 5.18. The summed E-state index contributed by atoms with van der Waals surface area (Å²) in [5, 5.41) is 17.7. The van der Waals surface area contributed by atoms with Gasteiger partial charge in [0.25, 0.3) is 0 Å². The first-order chi connectivity index (χ1) is 10.8. The van der Waals surface area contributed by atoms with Crippen molar-refractivity contribution in [1.82, 2.24) is 0 Å². The third-order valence-corrected chi connectivity index (χ3v) is 4.38. The van der Waals surface area contributed by atoms with Gasteiger partial charge >= 0.3 is 0 Å². The van der Waals surface area contributed by atoms with Crippen LogP contribution in [-0.4, -0.2) is 11.1 Å². The Labute approximate surface area is 159 Å². The Bertz CT molecular complexity index is 795. The zero-order valence-corrected chi connectivity index (χ0v) is 15.5. The molecular weight excluding hydrogens is 399 g/mol. The summed E-state index contributed by atoms with van der Waals surface area (Å²) in [7, 11) is 0. The standard InChI is InChI=1S/C15H8Cl5N3/c1-3-4-10(17)14(7(2)16)23-15-9(6-22)11(18)8(5-21)12(19)13(15)20/h3-4,7H,1H2,2H3/b10-4+,23-14?. The van der Waals surface area contributed by atoms with Crippen molar-refractivity contribution in [2.75, 3.05) is 0 Å². The third-order valence-electron chi connectivity index (χ3n) is 2.64. The van der Waals surface area contributed by atoms with Gasteiger partial charge in [0, 0.05) is 0 Å². The molecule has 0 radical (unpaired) electrons. The number of halogens is 5. The van der Waals surface area contributed by atoms with Gasteiger partial charge in [0.2, 0.25) is 0 Å². The molecule has 118 valence electrons. The summed E-state index contributed by atoms with van der Waals surface area (Å²) >= 11 is 30.4. The minimum atomic E-state index is -0.588. The number of hydrogen-bond acceptors (Lipinski definition) is 3. The Morgan fingerprint density at radius 2 is 1.70 bits per heavy atom. The van der Waals surface area contributed by atoms with E-state index in [1.54, 1.807) is 13.0 Å². The molecule has 0 saturated carbocycles. The van der Waals surface area contributed by atoms with Crippen molar-refractivity contribution in [2.24, 2.45) is 4.99 Å². The van der Waals surface area contributed by atoms with E-state index in [1.165, 1.54) is 12.2 Å². The van der Waals surface area contributed by atoms with Crippen molar-refractivity contribution in [2.45, 2.75) is 12.3 Å². The van der Waals surface area contributed by atoms with E-state index in [2.05, 4.69) is 11.6 Å². The van der Waals surface area contributed by atoms with Gasteiger partial charge in [-0.3, -0.25) is 0 Å². The van der Waals surface area contributed by atoms with E-state index in [1.807, 2.05) is 6.07 Å². The van der Waals surface area contributed by atoms with E-state index >= 15 is 0 Å². The van der Waals surface area contributed by atoms with Crippen molar-refractivity contribution >= 4 is 69.4 Å². The van der Waals surface area contributed by atoms with Gasteiger partial charge in [0.1, 0.15) is 17.8 Å². The predicted molar refractivity (Wildman–Crippen MR) is 97.4 cm³/mol. The Hall–Kier alpha value is -1.20. The Kier molecular flexibility index (Phi) is 7.42. The minimum absolute atomic E-state index is 0.00118. The van der Waals surface area contributed by atoms with Crippen molar-refractivity contribution < 1.29 is 0 Å². The normalized spacial score (nSPS) is 13.2. The summed E-state index contributed by atoms with van der Waals surface area (Å²) in [5.74, 6) is 0. The molecule has 1 atom stereocenters. The maximum atomic E-state index is 9.32. The van der Waals surface area contributed by atoms with Crippen LogP contribution < -0.4 is 0 Å². The number of hydrogen-bond donors (Lipinski definition) is 0. The summed E-state index contributed by atoms with van der Waals surface area (Å²) in [5.41, 5.74) is 0.0716. The fraction of sp³-hybridized carbons (Fsp3) is 0.133. The van der Waals surface area contributed by atoms with Crippen molar-refractivity contribution in [1.29, 1.82) is 10.5 Å². The molecule has 0 N–H and O–H groups in total. The Morgan fingerprint density at radius 3 is 2.13 bits per heavy atom. The number of nitrogens with zero attached hydrogens (tertiary/aromatic N) is 3. The zero-order valence-electron chi connectivity index (χ0n) is 11.7. The zero-order chi connectivity index (χ0) is 17.7. The van der Waals surface area contributed by atoms with Crippen molar-refractivity contribution in [3.63, 3.8) is 0 Å². The monoisotopic (exact) mass is 405 g/mol. The number of allylic oxidation sites excluding steroid dienone is 3. The molecule has 0 bridgehead atoms. The summed E-state index contributed by atoms with van der Waals surface area (Å²) in [6, 6.07) is 3.66. The van der Waals surface area contributed by atoms with Gasteiger partial charge in [0.05, 0.1) is 42.3 Å². The topological polar surface area (TPSA) is 59.9 Å². The lowest BCUT2D eigenvalue weighted by molar-refractivity contribution is 1.27. The second-order valence-corrected chi connectivity index (χ2v) is 6.32. The molecule has 1 aromatic carbocycles. The van der Waals surface area contributed by atoms with Crippen LogP contribution in [0.4, 0.5) is 5.69 Å². The van der Waals surface area contributed by atoms with Crippen LogP contribution in [0.1, 0.15) is 18.1 Å². The highest BCUT2D eigenvalue weighted by Gasteiger charge is 2.23. The molecule has 8 heteroatoms. The summed E-state index contributed by atoms with van der Waals surface area (Å²) < 4.78 is 0. The van der Waals surface area contributed by atoms with Crippen LogP contribution in [0.25, 0.3) is 0 Å². The number of alkyl halides is 1. The predicted octanol–water partition coefficient (Wildman–Crippen LogP) is 6.40. The van der Waals surface area contributed by atoms with Gasteiger partial charge in [-0.1, -0.05) is 59.1 Å². The van der Waals surface area contributed by atoms with Crippen LogP contribution in [0.3, 0.4) is 0 Å². The molecule has 0 aliphatic heterocycles. The molecule has 3 nitrogen and oxygen atoms in total. The van der Waals surface area contributed by atoms with E-state index in [0.29, 0.717) is 0 Å². The smallest absolute Gasteiger partial charge is 0.103 e. The van der Waals surface area contributed by atoms with E-state index in [-0.39, 0.29) is 42.6 Å². The first-order valence-electron chi connectivity index (χ1n) is 6.01. The average molecular weight is 408 g/mol. The number of rotatable bonds is 4. The molecular formula is C15H8Cl5N3. The van der Waals surface area contributed by atoms with Gasteiger partial charge in [-0.25, -0.2) is 4.99 Å². The number of benzene rings is 1. The summed E-state index contributed by atoms with van der Waals surface area (Å²) in [4.78, 5) is 4.25. The second-order valence-electron chi connectivity index (χ2n) is 4.13.